The zero-order valence-electron chi connectivity index (χ0n) is 11.4. The number of hydrogen-bond donors (Lipinski definition) is 2. The summed E-state index contributed by atoms with van der Waals surface area (Å²) < 4.78 is 0. The molecule has 96 valence electrons. The second-order valence-electron chi connectivity index (χ2n) is 4.87. The molecule has 3 N–H and O–H groups in total. The van der Waals surface area contributed by atoms with E-state index >= 15 is 0 Å². The summed E-state index contributed by atoms with van der Waals surface area (Å²) in [5.41, 5.74) is 9.01. The summed E-state index contributed by atoms with van der Waals surface area (Å²) >= 11 is 0. The van der Waals surface area contributed by atoms with Crippen molar-refractivity contribution < 1.29 is 0 Å². The van der Waals surface area contributed by atoms with E-state index in [1.54, 1.807) is 0 Å². The maximum Gasteiger partial charge on any atom is 0.0345 e. The number of benzene rings is 1. The van der Waals surface area contributed by atoms with Gasteiger partial charge >= 0.3 is 0 Å². The monoisotopic (exact) mass is 234 g/mol. The van der Waals surface area contributed by atoms with Crippen LogP contribution in [0.4, 0.5) is 11.4 Å². The summed E-state index contributed by atoms with van der Waals surface area (Å²) in [7, 11) is 0. The second-order valence-corrected chi connectivity index (χ2v) is 4.87. The summed E-state index contributed by atoms with van der Waals surface area (Å²) in [6.07, 6.45) is 5.20. The minimum absolute atomic E-state index is 0.785. The third-order valence-corrected chi connectivity index (χ3v) is 3.41. The molecule has 1 aromatic rings. The van der Waals surface area contributed by atoms with E-state index < -0.39 is 0 Å². The number of hydrogen-bond acceptors (Lipinski definition) is 2. The molecular formula is C15H26N2. The quantitative estimate of drug-likeness (QED) is 0.694. The van der Waals surface area contributed by atoms with E-state index in [4.69, 9.17) is 5.73 Å². The highest BCUT2D eigenvalue weighted by molar-refractivity contribution is 5.56. The van der Waals surface area contributed by atoms with Crippen LogP contribution in [0.25, 0.3) is 0 Å². The van der Waals surface area contributed by atoms with Gasteiger partial charge in [-0.05, 0) is 43.0 Å². The first kappa shape index (κ1) is 13.9. The molecule has 0 bridgehead atoms. The van der Waals surface area contributed by atoms with Crippen LogP contribution in [-0.4, -0.2) is 6.54 Å². The molecule has 2 nitrogen and oxygen atoms in total. The smallest absolute Gasteiger partial charge is 0.0345 e. The van der Waals surface area contributed by atoms with Crippen molar-refractivity contribution in [3.8, 4) is 0 Å². The Morgan fingerprint density at radius 2 is 2.06 bits per heavy atom. The Labute approximate surface area is 106 Å². The highest BCUT2D eigenvalue weighted by Gasteiger charge is 2.05. The van der Waals surface area contributed by atoms with E-state index in [9.17, 15) is 0 Å². The average Bonchev–Trinajstić information content (AvgIpc) is 2.34. The molecule has 0 aliphatic carbocycles. The zero-order chi connectivity index (χ0) is 12.7. The van der Waals surface area contributed by atoms with Gasteiger partial charge in [-0.1, -0.05) is 33.1 Å². The Hall–Kier alpha value is -1.18. The molecule has 1 rings (SSSR count). The fourth-order valence-electron chi connectivity index (χ4n) is 1.99. The zero-order valence-corrected chi connectivity index (χ0v) is 11.4. The number of aryl methyl sites for hydroxylation is 1. The fourth-order valence-corrected chi connectivity index (χ4v) is 1.99. The SMILES string of the molecule is CCCCC(CC)CNc1ccc(N)c(C)c1. The topological polar surface area (TPSA) is 38.0 Å². The van der Waals surface area contributed by atoms with Crippen molar-refractivity contribution in [2.24, 2.45) is 5.92 Å². The number of nitrogen functional groups attached to an aromatic ring is 1. The lowest BCUT2D eigenvalue weighted by Gasteiger charge is -2.16. The Morgan fingerprint density at radius 1 is 1.29 bits per heavy atom. The molecule has 0 aliphatic heterocycles. The number of anilines is 2. The van der Waals surface area contributed by atoms with E-state index in [0.29, 0.717) is 0 Å². The standard InChI is InChI=1S/C15H26N2/c1-4-6-7-13(5-2)11-17-14-8-9-15(16)12(3)10-14/h8-10,13,17H,4-7,11,16H2,1-3H3. The first-order chi connectivity index (χ1) is 8.17. The summed E-state index contributed by atoms with van der Waals surface area (Å²) in [6, 6.07) is 6.17. The molecule has 17 heavy (non-hydrogen) atoms. The number of unbranched alkanes of at least 4 members (excludes halogenated alkanes) is 1. The van der Waals surface area contributed by atoms with Crippen LogP contribution in [0.2, 0.25) is 0 Å². The predicted octanol–water partition coefficient (Wildman–Crippen LogP) is 4.21. The van der Waals surface area contributed by atoms with E-state index in [1.807, 2.05) is 6.07 Å². The van der Waals surface area contributed by atoms with Crippen molar-refractivity contribution in [2.45, 2.75) is 46.5 Å². The molecule has 0 amide bonds. The Bertz CT molecular complexity index is 334. The third kappa shape index (κ3) is 4.68. The summed E-state index contributed by atoms with van der Waals surface area (Å²) in [6.45, 7) is 7.65. The first-order valence-electron chi connectivity index (χ1n) is 6.77. The Morgan fingerprint density at radius 3 is 2.65 bits per heavy atom. The van der Waals surface area contributed by atoms with Crippen LogP contribution in [0, 0.1) is 12.8 Å². The van der Waals surface area contributed by atoms with Gasteiger partial charge in [0.05, 0.1) is 0 Å². The lowest BCUT2D eigenvalue weighted by Crippen LogP contribution is -2.13. The molecule has 0 saturated heterocycles. The van der Waals surface area contributed by atoms with Gasteiger partial charge in [0, 0.05) is 17.9 Å². The molecule has 1 unspecified atom stereocenters. The van der Waals surface area contributed by atoms with Crippen molar-refractivity contribution in [1.82, 2.24) is 0 Å². The normalized spacial score (nSPS) is 12.4. The Balaban J connectivity index is 2.45. The summed E-state index contributed by atoms with van der Waals surface area (Å²) in [5.74, 6) is 0.785. The summed E-state index contributed by atoms with van der Waals surface area (Å²) in [5, 5.41) is 3.52. The van der Waals surface area contributed by atoms with Crippen LogP contribution in [0.3, 0.4) is 0 Å². The van der Waals surface area contributed by atoms with Crippen LogP contribution >= 0.6 is 0 Å². The second kappa shape index (κ2) is 7.21. The molecule has 0 heterocycles. The molecule has 0 aromatic heterocycles. The summed E-state index contributed by atoms with van der Waals surface area (Å²) in [4.78, 5) is 0. The van der Waals surface area contributed by atoms with Crippen molar-refractivity contribution >= 4 is 11.4 Å². The molecule has 0 aliphatic rings. The van der Waals surface area contributed by atoms with Gasteiger partial charge in [-0.2, -0.15) is 0 Å². The predicted molar refractivity (Wildman–Crippen MR) is 77.4 cm³/mol. The van der Waals surface area contributed by atoms with E-state index in [2.05, 4.69) is 38.2 Å². The van der Waals surface area contributed by atoms with Gasteiger partial charge in [-0.15, -0.1) is 0 Å². The Kier molecular flexibility index (Phi) is 5.88. The molecular weight excluding hydrogens is 208 g/mol. The van der Waals surface area contributed by atoms with Gasteiger partial charge < -0.3 is 11.1 Å². The highest BCUT2D eigenvalue weighted by atomic mass is 14.9. The van der Waals surface area contributed by atoms with Crippen LogP contribution in [0.5, 0.6) is 0 Å². The number of nitrogens with two attached hydrogens (primary N) is 1. The van der Waals surface area contributed by atoms with Crippen molar-refractivity contribution in [1.29, 1.82) is 0 Å². The maximum atomic E-state index is 5.81. The van der Waals surface area contributed by atoms with E-state index in [0.717, 1.165) is 23.7 Å². The minimum atomic E-state index is 0.785. The fraction of sp³-hybridized carbons (Fsp3) is 0.600. The van der Waals surface area contributed by atoms with Crippen LogP contribution in [0.1, 0.15) is 45.1 Å². The lowest BCUT2D eigenvalue weighted by molar-refractivity contribution is 0.473. The van der Waals surface area contributed by atoms with E-state index in [-0.39, 0.29) is 0 Å². The van der Waals surface area contributed by atoms with Gasteiger partial charge in [-0.3, -0.25) is 0 Å². The lowest BCUT2D eigenvalue weighted by atomic mass is 9.99. The van der Waals surface area contributed by atoms with Gasteiger partial charge in [0.2, 0.25) is 0 Å². The number of nitrogens with one attached hydrogen (secondary N) is 1. The molecule has 2 heteroatoms. The van der Waals surface area contributed by atoms with Crippen molar-refractivity contribution in [3.63, 3.8) is 0 Å². The highest BCUT2D eigenvalue weighted by Crippen LogP contribution is 2.18. The average molecular weight is 234 g/mol. The number of rotatable bonds is 7. The first-order valence-corrected chi connectivity index (χ1v) is 6.77. The molecule has 0 radical (unpaired) electrons. The van der Waals surface area contributed by atoms with E-state index in [1.165, 1.54) is 31.4 Å². The maximum absolute atomic E-state index is 5.81. The molecule has 1 aromatic carbocycles. The molecule has 0 fully saturated rings. The van der Waals surface area contributed by atoms with Gasteiger partial charge in [0.25, 0.3) is 0 Å². The molecule has 0 spiro atoms. The van der Waals surface area contributed by atoms with Crippen LogP contribution in [-0.2, 0) is 0 Å². The third-order valence-electron chi connectivity index (χ3n) is 3.41. The van der Waals surface area contributed by atoms with Gasteiger partial charge in [-0.25, -0.2) is 0 Å². The van der Waals surface area contributed by atoms with Crippen LogP contribution < -0.4 is 11.1 Å². The van der Waals surface area contributed by atoms with Crippen LogP contribution in [0.15, 0.2) is 18.2 Å². The van der Waals surface area contributed by atoms with Crippen molar-refractivity contribution in [3.05, 3.63) is 23.8 Å². The van der Waals surface area contributed by atoms with Gasteiger partial charge in [0.1, 0.15) is 0 Å². The van der Waals surface area contributed by atoms with Crippen molar-refractivity contribution in [2.75, 3.05) is 17.6 Å². The molecule has 1 atom stereocenters. The largest absolute Gasteiger partial charge is 0.399 e. The minimum Gasteiger partial charge on any atom is -0.399 e. The molecule has 0 saturated carbocycles. The van der Waals surface area contributed by atoms with Gasteiger partial charge in [0.15, 0.2) is 0 Å².